The van der Waals surface area contributed by atoms with Crippen LogP contribution in [0.15, 0.2) is 54.6 Å². The standard InChI is InChI=1S/C22H27N5O3.2ClH/c23-12-20(28)27-18-11-19(24-13-18)22(30)25-14-21(29)26-17-8-6-16(7-9-17)10-15-4-2-1-3-5-15;;/h1-9,18-19,24H,10-14,23H2,(H,25,30)(H,26,29)(H,27,28);2*1H/t18-,19+;;/m1../s1. The molecular formula is C22H29Cl2N5O3. The van der Waals surface area contributed by atoms with E-state index in [1.807, 2.05) is 42.5 Å². The number of nitrogens with one attached hydrogen (secondary N) is 4. The molecule has 1 fully saturated rings. The number of amides is 3. The molecule has 6 N–H and O–H groups in total. The number of halogens is 2. The summed E-state index contributed by atoms with van der Waals surface area (Å²) < 4.78 is 0. The van der Waals surface area contributed by atoms with E-state index in [2.05, 4.69) is 33.4 Å². The summed E-state index contributed by atoms with van der Waals surface area (Å²) in [6.45, 7) is 0.286. The number of rotatable bonds is 8. The Labute approximate surface area is 199 Å². The van der Waals surface area contributed by atoms with Crippen molar-refractivity contribution in [3.63, 3.8) is 0 Å². The van der Waals surface area contributed by atoms with Crippen LogP contribution in [0.4, 0.5) is 5.69 Å². The Morgan fingerprint density at radius 3 is 2.25 bits per heavy atom. The number of nitrogens with two attached hydrogens (primary N) is 1. The lowest BCUT2D eigenvalue weighted by Gasteiger charge is -2.12. The van der Waals surface area contributed by atoms with Gasteiger partial charge in [0.15, 0.2) is 0 Å². The molecule has 1 aliphatic heterocycles. The van der Waals surface area contributed by atoms with Crippen LogP contribution in [-0.2, 0) is 20.8 Å². The Balaban J connectivity index is 0.00000256. The summed E-state index contributed by atoms with van der Waals surface area (Å²) in [6, 6.07) is 17.2. The van der Waals surface area contributed by atoms with Crippen molar-refractivity contribution in [2.24, 2.45) is 5.73 Å². The molecule has 8 nitrogen and oxygen atoms in total. The summed E-state index contributed by atoms with van der Waals surface area (Å²) in [7, 11) is 0. The summed E-state index contributed by atoms with van der Waals surface area (Å²) in [5, 5.41) is 11.2. The van der Waals surface area contributed by atoms with Crippen LogP contribution in [0.2, 0.25) is 0 Å². The number of hydrogen-bond donors (Lipinski definition) is 5. The van der Waals surface area contributed by atoms with Gasteiger partial charge in [0.1, 0.15) is 0 Å². The number of hydrogen-bond acceptors (Lipinski definition) is 5. The van der Waals surface area contributed by atoms with Crippen LogP contribution in [0.3, 0.4) is 0 Å². The summed E-state index contributed by atoms with van der Waals surface area (Å²) in [6.07, 6.45) is 1.29. The van der Waals surface area contributed by atoms with Crippen molar-refractivity contribution in [2.75, 3.05) is 25.0 Å². The van der Waals surface area contributed by atoms with E-state index in [1.165, 1.54) is 5.56 Å². The summed E-state index contributed by atoms with van der Waals surface area (Å²) in [5.41, 5.74) is 8.32. The normalized spacial score (nSPS) is 16.8. The molecule has 1 saturated heterocycles. The second-order valence-electron chi connectivity index (χ2n) is 7.29. The van der Waals surface area contributed by atoms with Gasteiger partial charge in [0.25, 0.3) is 0 Å². The van der Waals surface area contributed by atoms with Crippen LogP contribution in [0.25, 0.3) is 0 Å². The van der Waals surface area contributed by atoms with Gasteiger partial charge in [0.2, 0.25) is 17.7 Å². The molecule has 0 bridgehead atoms. The van der Waals surface area contributed by atoms with Crippen molar-refractivity contribution in [3.05, 3.63) is 65.7 Å². The predicted molar refractivity (Wildman–Crippen MR) is 129 cm³/mol. The molecule has 1 aliphatic rings. The van der Waals surface area contributed by atoms with Crippen LogP contribution in [0.5, 0.6) is 0 Å². The minimum Gasteiger partial charge on any atom is -0.351 e. The third-order valence-electron chi connectivity index (χ3n) is 4.91. The Hall–Kier alpha value is -2.65. The Morgan fingerprint density at radius 1 is 0.938 bits per heavy atom. The van der Waals surface area contributed by atoms with Crippen LogP contribution >= 0.6 is 24.8 Å². The van der Waals surface area contributed by atoms with Gasteiger partial charge < -0.3 is 27.0 Å². The first-order chi connectivity index (χ1) is 14.5. The monoisotopic (exact) mass is 481 g/mol. The molecular weight excluding hydrogens is 453 g/mol. The van der Waals surface area contributed by atoms with E-state index in [9.17, 15) is 14.4 Å². The van der Waals surface area contributed by atoms with Crippen LogP contribution in [0, 0.1) is 0 Å². The lowest BCUT2D eigenvalue weighted by Crippen LogP contribution is -2.43. The van der Waals surface area contributed by atoms with Crippen molar-refractivity contribution < 1.29 is 14.4 Å². The van der Waals surface area contributed by atoms with E-state index in [4.69, 9.17) is 5.73 Å². The largest absolute Gasteiger partial charge is 0.351 e. The Bertz CT molecular complexity index is 881. The molecule has 0 radical (unpaired) electrons. The summed E-state index contributed by atoms with van der Waals surface area (Å²) >= 11 is 0. The fraction of sp³-hybridized carbons (Fsp3) is 0.318. The quantitative estimate of drug-likeness (QED) is 0.384. The molecule has 10 heteroatoms. The van der Waals surface area contributed by atoms with Crippen molar-refractivity contribution in [1.82, 2.24) is 16.0 Å². The molecule has 0 unspecified atom stereocenters. The molecule has 2 aromatic rings. The highest BCUT2D eigenvalue weighted by Gasteiger charge is 2.30. The second kappa shape index (κ2) is 13.7. The van der Waals surface area contributed by atoms with E-state index < -0.39 is 6.04 Å². The van der Waals surface area contributed by atoms with Gasteiger partial charge in [0.05, 0.1) is 19.1 Å². The maximum absolute atomic E-state index is 12.2. The molecule has 0 spiro atoms. The van der Waals surface area contributed by atoms with Gasteiger partial charge in [-0.3, -0.25) is 14.4 Å². The third-order valence-corrected chi connectivity index (χ3v) is 4.91. The average molecular weight is 482 g/mol. The fourth-order valence-corrected chi connectivity index (χ4v) is 3.37. The minimum absolute atomic E-state index is 0. The molecule has 174 valence electrons. The highest BCUT2D eigenvalue weighted by molar-refractivity contribution is 5.95. The summed E-state index contributed by atoms with van der Waals surface area (Å²) in [4.78, 5) is 35.7. The molecule has 0 saturated carbocycles. The first-order valence-electron chi connectivity index (χ1n) is 9.96. The lowest BCUT2D eigenvalue weighted by atomic mass is 10.0. The van der Waals surface area contributed by atoms with E-state index in [1.54, 1.807) is 0 Å². The molecule has 3 rings (SSSR count). The van der Waals surface area contributed by atoms with E-state index >= 15 is 0 Å². The van der Waals surface area contributed by atoms with Crippen molar-refractivity contribution >= 4 is 48.2 Å². The van der Waals surface area contributed by atoms with Gasteiger partial charge in [-0.15, -0.1) is 24.8 Å². The van der Waals surface area contributed by atoms with E-state index in [0.717, 1.165) is 12.0 Å². The van der Waals surface area contributed by atoms with Gasteiger partial charge in [-0.05, 0) is 36.1 Å². The van der Waals surface area contributed by atoms with Gasteiger partial charge in [-0.1, -0.05) is 42.5 Å². The summed E-state index contributed by atoms with van der Waals surface area (Å²) in [5.74, 6) is -0.824. The third kappa shape index (κ3) is 8.47. The lowest BCUT2D eigenvalue weighted by molar-refractivity contribution is -0.125. The highest BCUT2D eigenvalue weighted by atomic mass is 35.5. The van der Waals surface area contributed by atoms with Gasteiger partial charge in [-0.25, -0.2) is 0 Å². The maximum Gasteiger partial charge on any atom is 0.243 e. The topological polar surface area (TPSA) is 125 Å². The Morgan fingerprint density at radius 2 is 1.59 bits per heavy atom. The van der Waals surface area contributed by atoms with Gasteiger partial charge >= 0.3 is 0 Å². The van der Waals surface area contributed by atoms with Crippen molar-refractivity contribution in [3.8, 4) is 0 Å². The molecule has 3 amide bonds. The fourth-order valence-electron chi connectivity index (χ4n) is 3.37. The smallest absolute Gasteiger partial charge is 0.243 e. The first kappa shape index (κ1) is 27.4. The number of carbonyl (C=O) groups excluding carboxylic acids is 3. The van der Waals surface area contributed by atoms with Crippen LogP contribution in [-0.4, -0.2) is 49.4 Å². The molecule has 32 heavy (non-hydrogen) atoms. The number of carbonyl (C=O) groups is 3. The molecule has 2 aromatic carbocycles. The molecule has 2 atom stereocenters. The number of benzene rings is 2. The predicted octanol–water partition coefficient (Wildman–Crippen LogP) is 0.981. The minimum atomic E-state index is -0.446. The van der Waals surface area contributed by atoms with Crippen LogP contribution in [0.1, 0.15) is 17.5 Å². The van der Waals surface area contributed by atoms with Gasteiger partial charge in [-0.2, -0.15) is 0 Å². The van der Waals surface area contributed by atoms with Gasteiger partial charge in [0, 0.05) is 18.3 Å². The molecule has 0 aliphatic carbocycles. The highest BCUT2D eigenvalue weighted by Crippen LogP contribution is 2.13. The first-order valence-corrected chi connectivity index (χ1v) is 9.96. The van der Waals surface area contributed by atoms with Crippen molar-refractivity contribution in [1.29, 1.82) is 0 Å². The molecule has 1 heterocycles. The molecule has 0 aromatic heterocycles. The van der Waals surface area contributed by atoms with Crippen LogP contribution < -0.4 is 27.0 Å². The zero-order chi connectivity index (χ0) is 21.3. The zero-order valence-corrected chi connectivity index (χ0v) is 19.1. The zero-order valence-electron chi connectivity index (χ0n) is 17.5. The second-order valence-corrected chi connectivity index (χ2v) is 7.29. The maximum atomic E-state index is 12.2. The van der Waals surface area contributed by atoms with Crippen molar-refractivity contribution in [2.45, 2.75) is 24.9 Å². The number of anilines is 1. The SMILES string of the molecule is Cl.Cl.NCC(=O)N[C@H]1CN[C@H](C(=O)NCC(=O)Nc2ccc(Cc3ccccc3)cc2)C1. The van der Waals surface area contributed by atoms with E-state index in [-0.39, 0.29) is 61.7 Å². The Kier molecular flexibility index (Phi) is 11.7. The van der Waals surface area contributed by atoms with E-state index in [0.29, 0.717) is 18.7 Å². The average Bonchev–Trinajstić information content (AvgIpc) is 3.22.